The number of allylic oxidation sites excluding steroid dienone is 1. The van der Waals surface area contributed by atoms with Crippen LogP contribution in [0.4, 0.5) is 31.1 Å². The molecule has 3 aromatic carbocycles. The van der Waals surface area contributed by atoms with E-state index in [1.165, 1.54) is 30.3 Å². The van der Waals surface area contributed by atoms with Crippen LogP contribution in [0.5, 0.6) is 11.5 Å². The summed E-state index contributed by atoms with van der Waals surface area (Å²) in [6.45, 7) is 1.71. The van der Waals surface area contributed by atoms with E-state index in [2.05, 4.69) is 31.9 Å². The molecule has 0 radical (unpaired) electrons. The topological polar surface area (TPSA) is 72.8 Å². The van der Waals surface area contributed by atoms with Gasteiger partial charge in [-0.15, -0.1) is 13.2 Å². The number of hydrogen-bond donors (Lipinski definition) is 1. The lowest BCUT2D eigenvalue weighted by Gasteiger charge is -2.21. The zero-order valence-electron chi connectivity index (χ0n) is 24.7. The maximum absolute atomic E-state index is 14.1. The van der Waals surface area contributed by atoms with Gasteiger partial charge in [0.2, 0.25) is 0 Å². The molecule has 47 heavy (non-hydrogen) atoms. The number of pyridine rings is 1. The maximum atomic E-state index is 14.1. The predicted octanol–water partition coefficient (Wildman–Crippen LogP) is 8.62. The number of carbonyl (C=O) groups excluding carboxylic acids is 1. The number of aryl methyl sites for hydroxylation is 1. The van der Waals surface area contributed by atoms with E-state index in [4.69, 9.17) is 4.74 Å². The van der Waals surface area contributed by atoms with E-state index in [1.807, 2.05) is 0 Å². The fraction of sp³-hybridized carbons (Fsp3) is 0.171. The maximum Gasteiger partial charge on any atom is 0.573 e. The third kappa shape index (κ3) is 9.00. The summed E-state index contributed by atoms with van der Waals surface area (Å²) in [6.07, 6.45) is -7.48. The summed E-state index contributed by atoms with van der Waals surface area (Å²) in [5.74, 6) is 5.34. The van der Waals surface area contributed by atoms with Crippen molar-refractivity contribution in [3.05, 3.63) is 130 Å². The summed E-state index contributed by atoms with van der Waals surface area (Å²) in [4.78, 5) is 21.4. The number of alkyl halides is 6. The number of aliphatic imine (C=N–C) groups is 1. The lowest BCUT2D eigenvalue weighted by atomic mass is 9.99. The number of ether oxygens (including phenoxy) is 2. The minimum Gasteiger partial charge on any atom is -0.487 e. The molecule has 240 valence electrons. The van der Waals surface area contributed by atoms with Crippen LogP contribution in [0.3, 0.4) is 0 Å². The lowest BCUT2D eigenvalue weighted by molar-refractivity contribution is -0.274. The first kappa shape index (κ1) is 32.8. The van der Waals surface area contributed by atoms with Crippen molar-refractivity contribution in [2.75, 3.05) is 0 Å². The van der Waals surface area contributed by atoms with Gasteiger partial charge in [0, 0.05) is 16.8 Å². The molecule has 5 rings (SSSR count). The molecule has 1 aromatic heterocycles. The number of amides is 2. The molecule has 0 fully saturated rings. The summed E-state index contributed by atoms with van der Waals surface area (Å²) in [5.41, 5.74) is 2.03. The highest BCUT2D eigenvalue weighted by Crippen LogP contribution is 2.40. The van der Waals surface area contributed by atoms with Crippen molar-refractivity contribution in [3.63, 3.8) is 0 Å². The molecule has 0 spiro atoms. The minimum atomic E-state index is -4.79. The van der Waals surface area contributed by atoms with Gasteiger partial charge in [0.15, 0.2) is 0 Å². The van der Waals surface area contributed by atoms with Crippen molar-refractivity contribution in [1.82, 2.24) is 10.3 Å². The number of nitrogens with zero attached hydrogens (tertiary/aromatic N) is 2. The molecule has 1 aliphatic heterocycles. The summed E-state index contributed by atoms with van der Waals surface area (Å²) < 4.78 is 89.1. The molecule has 0 atom stereocenters. The first-order valence-corrected chi connectivity index (χ1v) is 14.2. The highest BCUT2D eigenvalue weighted by Gasteiger charge is 2.36. The molecule has 12 heteroatoms. The average molecular weight is 650 g/mol. The molecule has 2 amide bonds. The standard InChI is InChI=1S/C35H25F6N3O3/c1-22-5-2-6-26(42-22)21-46-31-10-3-7-28(34(36,37)38)32(31)30-9-4-8-29(43-33(45)44-30)25-17-13-23(14-18-25)11-12-24-15-19-27(20-16-24)47-35(39,40)41/h2-3,5-7,9-10,13-20H,4,8,21H2,1H3,(H,44,45). The van der Waals surface area contributed by atoms with E-state index in [9.17, 15) is 31.1 Å². The molecule has 4 aromatic rings. The van der Waals surface area contributed by atoms with Gasteiger partial charge in [-0.05, 0) is 86.0 Å². The van der Waals surface area contributed by atoms with Crippen LogP contribution < -0.4 is 14.8 Å². The van der Waals surface area contributed by atoms with Crippen molar-refractivity contribution >= 4 is 17.4 Å². The second kappa shape index (κ2) is 13.8. The van der Waals surface area contributed by atoms with E-state index < -0.39 is 24.1 Å². The van der Waals surface area contributed by atoms with Crippen LogP contribution in [0.2, 0.25) is 0 Å². The van der Waals surface area contributed by atoms with Gasteiger partial charge in [0.1, 0.15) is 18.1 Å². The van der Waals surface area contributed by atoms with E-state index in [-0.39, 0.29) is 42.2 Å². The number of rotatable bonds is 6. The highest BCUT2D eigenvalue weighted by atomic mass is 19.4. The average Bonchev–Trinajstić information content (AvgIpc) is 3.00. The zero-order chi connectivity index (χ0) is 33.6. The predicted molar refractivity (Wildman–Crippen MR) is 163 cm³/mol. The molecule has 0 saturated carbocycles. The zero-order valence-corrected chi connectivity index (χ0v) is 24.7. The third-order valence-corrected chi connectivity index (χ3v) is 6.79. The van der Waals surface area contributed by atoms with Crippen LogP contribution in [0, 0.1) is 18.8 Å². The van der Waals surface area contributed by atoms with E-state index in [0.717, 1.165) is 23.9 Å². The van der Waals surface area contributed by atoms with Gasteiger partial charge < -0.3 is 14.8 Å². The third-order valence-electron chi connectivity index (χ3n) is 6.79. The van der Waals surface area contributed by atoms with Gasteiger partial charge in [-0.25, -0.2) is 4.79 Å². The second-order valence-electron chi connectivity index (χ2n) is 10.3. The first-order valence-electron chi connectivity index (χ1n) is 14.2. The van der Waals surface area contributed by atoms with Crippen molar-refractivity contribution in [2.45, 2.75) is 38.9 Å². The largest absolute Gasteiger partial charge is 0.573 e. The van der Waals surface area contributed by atoms with Gasteiger partial charge in [0.05, 0.1) is 28.2 Å². The summed E-state index contributed by atoms with van der Waals surface area (Å²) in [6, 6.07) is 19.9. The van der Waals surface area contributed by atoms with Crippen molar-refractivity contribution < 1.29 is 40.6 Å². The van der Waals surface area contributed by atoms with Crippen LogP contribution in [0.15, 0.2) is 96.0 Å². The first-order chi connectivity index (χ1) is 22.3. The van der Waals surface area contributed by atoms with E-state index in [1.54, 1.807) is 49.4 Å². The quantitative estimate of drug-likeness (QED) is 0.168. The Balaban J connectivity index is 1.31. The molecular weight excluding hydrogens is 624 g/mol. The Hall–Kier alpha value is -5.57. The number of halogens is 6. The Kier molecular flexibility index (Phi) is 9.65. The van der Waals surface area contributed by atoms with Crippen LogP contribution in [-0.4, -0.2) is 23.1 Å². The lowest BCUT2D eigenvalue weighted by Crippen LogP contribution is -2.24. The molecule has 2 heterocycles. The summed E-state index contributed by atoms with van der Waals surface area (Å²) >= 11 is 0. The molecule has 1 aliphatic rings. The van der Waals surface area contributed by atoms with Gasteiger partial charge in [-0.1, -0.05) is 42.2 Å². The monoisotopic (exact) mass is 649 g/mol. The van der Waals surface area contributed by atoms with Crippen LogP contribution in [0.25, 0.3) is 5.70 Å². The number of carbonyl (C=O) groups is 1. The Morgan fingerprint density at radius 1 is 0.851 bits per heavy atom. The van der Waals surface area contributed by atoms with Crippen molar-refractivity contribution in [2.24, 2.45) is 4.99 Å². The number of nitrogens with one attached hydrogen (secondary N) is 1. The fourth-order valence-electron chi connectivity index (χ4n) is 4.73. The summed E-state index contributed by atoms with van der Waals surface area (Å²) in [5, 5.41) is 2.51. The molecule has 0 aliphatic carbocycles. The Morgan fingerprint density at radius 3 is 2.15 bits per heavy atom. The van der Waals surface area contributed by atoms with Gasteiger partial charge in [0.25, 0.3) is 0 Å². The van der Waals surface area contributed by atoms with Crippen LogP contribution in [0.1, 0.15) is 52.0 Å². The molecule has 1 N–H and O–H groups in total. The number of aromatic nitrogens is 1. The SMILES string of the molecule is Cc1cccc(COc2cccc(C(F)(F)F)c2C2=CCCC(c3ccc(C#Cc4ccc(OC(F)(F)F)cc4)cc3)=NC(=O)N2)n1. The Morgan fingerprint density at radius 2 is 1.51 bits per heavy atom. The highest BCUT2D eigenvalue weighted by molar-refractivity contribution is 6.08. The van der Waals surface area contributed by atoms with Crippen LogP contribution in [-0.2, 0) is 12.8 Å². The number of urea groups is 1. The molecule has 0 bridgehead atoms. The van der Waals surface area contributed by atoms with Crippen LogP contribution >= 0.6 is 0 Å². The number of benzene rings is 3. The smallest absolute Gasteiger partial charge is 0.487 e. The minimum absolute atomic E-state index is 0.0678. The van der Waals surface area contributed by atoms with E-state index >= 15 is 0 Å². The fourth-order valence-corrected chi connectivity index (χ4v) is 4.73. The normalized spacial score (nSPS) is 13.6. The Labute approximate surface area is 265 Å². The molecule has 0 unspecified atom stereocenters. The second-order valence-corrected chi connectivity index (χ2v) is 10.3. The number of hydrogen-bond acceptors (Lipinski definition) is 4. The van der Waals surface area contributed by atoms with Crippen molar-refractivity contribution in [3.8, 4) is 23.3 Å². The molecule has 0 saturated heterocycles. The van der Waals surface area contributed by atoms with E-state index in [0.29, 0.717) is 28.1 Å². The molecule has 6 nitrogen and oxygen atoms in total. The van der Waals surface area contributed by atoms with Crippen molar-refractivity contribution in [1.29, 1.82) is 0 Å². The van der Waals surface area contributed by atoms with Gasteiger partial charge >= 0.3 is 18.6 Å². The Bertz CT molecular complexity index is 1890. The van der Waals surface area contributed by atoms with Gasteiger partial charge in [-0.3, -0.25) is 4.98 Å². The van der Waals surface area contributed by atoms with Gasteiger partial charge in [-0.2, -0.15) is 18.2 Å². The summed E-state index contributed by atoms with van der Waals surface area (Å²) in [7, 11) is 0. The molecular formula is C35H25F6N3O3.